The summed E-state index contributed by atoms with van der Waals surface area (Å²) in [6, 6.07) is 7.21. The van der Waals surface area contributed by atoms with Gasteiger partial charge in [0.25, 0.3) is 5.91 Å². The van der Waals surface area contributed by atoms with Crippen LogP contribution in [0.3, 0.4) is 0 Å². The number of hydrogen-bond donors (Lipinski definition) is 0. The fourth-order valence-corrected chi connectivity index (χ4v) is 5.73. The van der Waals surface area contributed by atoms with Gasteiger partial charge in [0.05, 0.1) is 12.7 Å². The Balaban J connectivity index is 1.51. The van der Waals surface area contributed by atoms with Crippen molar-refractivity contribution in [2.45, 2.75) is 38.1 Å². The zero-order chi connectivity index (χ0) is 16.8. The molecule has 4 aliphatic carbocycles. The van der Waals surface area contributed by atoms with Gasteiger partial charge in [-0.25, -0.2) is 4.79 Å². The van der Waals surface area contributed by atoms with Crippen molar-refractivity contribution >= 4 is 11.9 Å². The molecule has 24 heavy (non-hydrogen) atoms. The number of rotatable bonds is 3. The van der Waals surface area contributed by atoms with Gasteiger partial charge in [-0.1, -0.05) is 0 Å². The van der Waals surface area contributed by atoms with E-state index in [1.165, 1.54) is 39.2 Å². The molecule has 4 nitrogen and oxygen atoms in total. The summed E-state index contributed by atoms with van der Waals surface area (Å²) in [6.07, 6.45) is 6.63. The lowest BCUT2D eigenvalue weighted by atomic mass is 9.54. The minimum absolute atomic E-state index is 0.0730. The molecular formula is C20H25NO3. The number of carbonyl (C=O) groups excluding carboxylic acids is 2. The summed E-state index contributed by atoms with van der Waals surface area (Å²) in [6.45, 7) is 0. The van der Waals surface area contributed by atoms with Crippen molar-refractivity contribution in [3.8, 4) is 0 Å². The van der Waals surface area contributed by atoms with Crippen LogP contribution < -0.4 is 0 Å². The first kappa shape index (κ1) is 15.7. The Morgan fingerprint density at radius 1 is 0.917 bits per heavy atom. The summed E-state index contributed by atoms with van der Waals surface area (Å²) in [5.41, 5.74) is 1.13. The van der Waals surface area contributed by atoms with Gasteiger partial charge in [-0.2, -0.15) is 0 Å². The van der Waals surface area contributed by atoms with Crippen molar-refractivity contribution in [2.75, 3.05) is 14.2 Å². The van der Waals surface area contributed by atoms with Gasteiger partial charge in [0.2, 0.25) is 0 Å². The van der Waals surface area contributed by atoms with Crippen molar-refractivity contribution < 1.29 is 14.3 Å². The van der Waals surface area contributed by atoms with E-state index in [4.69, 9.17) is 4.74 Å². The second-order valence-electron chi connectivity index (χ2n) is 7.91. The summed E-state index contributed by atoms with van der Waals surface area (Å²) in [7, 11) is 3.32. The minimum atomic E-state index is -0.372. The van der Waals surface area contributed by atoms with Crippen LogP contribution in [-0.2, 0) is 4.74 Å². The molecule has 1 amide bonds. The Hall–Kier alpha value is -1.84. The first-order chi connectivity index (χ1) is 11.6. The molecule has 4 aliphatic rings. The highest BCUT2D eigenvalue weighted by atomic mass is 16.5. The Bertz CT molecular complexity index is 623. The van der Waals surface area contributed by atoms with Crippen molar-refractivity contribution in [3.05, 3.63) is 35.4 Å². The van der Waals surface area contributed by atoms with Crippen LogP contribution in [-0.4, -0.2) is 37.0 Å². The molecule has 0 aliphatic heterocycles. The van der Waals surface area contributed by atoms with Crippen LogP contribution in [0.15, 0.2) is 24.3 Å². The van der Waals surface area contributed by atoms with Gasteiger partial charge in [-0.05, 0) is 80.0 Å². The summed E-state index contributed by atoms with van der Waals surface area (Å²) in [5.74, 6) is 2.89. The predicted molar refractivity (Wildman–Crippen MR) is 90.7 cm³/mol. The zero-order valence-corrected chi connectivity index (χ0v) is 14.4. The number of benzene rings is 1. The fourth-order valence-electron chi connectivity index (χ4n) is 5.73. The number of nitrogens with zero attached hydrogens (tertiary/aromatic N) is 1. The molecule has 4 bridgehead atoms. The summed E-state index contributed by atoms with van der Waals surface area (Å²) < 4.78 is 4.71. The molecule has 1 aromatic rings. The van der Waals surface area contributed by atoms with Crippen LogP contribution in [0.1, 0.15) is 52.8 Å². The maximum absolute atomic E-state index is 12.9. The number of ether oxygens (including phenoxy) is 1. The van der Waals surface area contributed by atoms with Crippen LogP contribution in [0.2, 0.25) is 0 Å². The van der Waals surface area contributed by atoms with Gasteiger partial charge in [-0.3, -0.25) is 4.79 Å². The maximum Gasteiger partial charge on any atom is 0.337 e. The number of esters is 1. The van der Waals surface area contributed by atoms with Crippen molar-refractivity contribution in [1.29, 1.82) is 0 Å². The Kier molecular flexibility index (Phi) is 3.86. The third-order valence-corrected chi connectivity index (χ3v) is 6.50. The molecule has 0 saturated heterocycles. The minimum Gasteiger partial charge on any atom is -0.465 e. The van der Waals surface area contributed by atoms with Crippen molar-refractivity contribution in [3.63, 3.8) is 0 Å². The Labute approximate surface area is 143 Å². The van der Waals surface area contributed by atoms with Crippen molar-refractivity contribution in [1.82, 2.24) is 4.90 Å². The summed E-state index contributed by atoms with van der Waals surface area (Å²) >= 11 is 0. The number of hydrogen-bond acceptors (Lipinski definition) is 3. The molecule has 0 aromatic heterocycles. The molecule has 4 fully saturated rings. The molecule has 0 spiro atoms. The molecule has 0 heterocycles. The number of methoxy groups -OCH3 is 1. The lowest BCUT2D eigenvalue weighted by Gasteiger charge is -2.56. The lowest BCUT2D eigenvalue weighted by Crippen LogP contribution is -2.56. The lowest BCUT2D eigenvalue weighted by molar-refractivity contribution is -0.0491. The smallest absolute Gasteiger partial charge is 0.337 e. The van der Waals surface area contributed by atoms with Crippen LogP contribution in [0.4, 0.5) is 0 Å². The van der Waals surface area contributed by atoms with Crippen LogP contribution >= 0.6 is 0 Å². The average Bonchev–Trinajstić information content (AvgIpc) is 2.59. The largest absolute Gasteiger partial charge is 0.465 e. The molecule has 0 N–H and O–H groups in total. The highest BCUT2D eigenvalue weighted by molar-refractivity contribution is 5.96. The molecule has 4 heteroatoms. The zero-order valence-electron chi connectivity index (χ0n) is 14.4. The third-order valence-electron chi connectivity index (χ3n) is 6.50. The van der Waals surface area contributed by atoms with E-state index in [-0.39, 0.29) is 11.9 Å². The van der Waals surface area contributed by atoms with E-state index >= 15 is 0 Å². The Morgan fingerprint density at radius 3 is 1.92 bits per heavy atom. The molecule has 0 atom stereocenters. The van der Waals surface area contributed by atoms with Gasteiger partial charge in [-0.15, -0.1) is 0 Å². The highest BCUT2D eigenvalue weighted by Gasteiger charge is 2.50. The second kappa shape index (κ2) is 5.91. The number of carbonyl (C=O) groups is 2. The van der Waals surface area contributed by atoms with Gasteiger partial charge in [0.1, 0.15) is 0 Å². The summed E-state index contributed by atoms with van der Waals surface area (Å²) in [5, 5.41) is 0. The fraction of sp³-hybridized carbons (Fsp3) is 0.600. The van der Waals surface area contributed by atoms with E-state index in [9.17, 15) is 9.59 Å². The molecule has 5 rings (SSSR count). The first-order valence-electron chi connectivity index (χ1n) is 9.02. The predicted octanol–water partition coefficient (Wildman–Crippen LogP) is 3.37. The molecule has 0 radical (unpaired) electrons. The number of amides is 1. The Morgan fingerprint density at radius 2 is 1.42 bits per heavy atom. The van der Waals surface area contributed by atoms with Gasteiger partial charge < -0.3 is 9.64 Å². The first-order valence-corrected chi connectivity index (χ1v) is 9.02. The quantitative estimate of drug-likeness (QED) is 0.800. The maximum atomic E-state index is 12.9. The molecule has 128 valence electrons. The van der Waals surface area contributed by atoms with Crippen LogP contribution in [0.25, 0.3) is 0 Å². The standard InChI is InChI=1S/C20H25NO3/c1-21(18-16-8-12-7-13(10-16)11-17(18)9-12)19(22)14-3-5-15(6-4-14)20(23)24-2/h3-6,12-13,16-18H,7-11H2,1-2H3. The van der Waals surface area contributed by atoms with Crippen molar-refractivity contribution in [2.24, 2.45) is 23.7 Å². The summed E-state index contributed by atoms with van der Waals surface area (Å²) in [4.78, 5) is 26.4. The molecule has 4 saturated carbocycles. The normalized spacial score (nSPS) is 33.3. The van der Waals surface area contributed by atoms with Crippen LogP contribution in [0.5, 0.6) is 0 Å². The van der Waals surface area contributed by atoms with Gasteiger partial charge in [0, 0.05) is 18.7 Å². The molecular weight excluding hydrogens is 302 g/mol. The SMILES string of the molecule is COC(=O)c1ccc(C(=O)N(C)C2C3CC4CC(C3)CC2C4)cc1. The van der Waals surface area contributed by atoms with Crippen LogP contribution in [0, 0.1) is 23.7 Å². The van der Waals surface area contributed by atoms with E-state index in [1.807, 2.05) is 11.9 Å². The van der Waals surface area contributed by atoms with E-state index < -0.39 is 0 Å². The van der Waals surface area contributed by atoms with E-state index in [0.29, 0.717) is 29.0 Å². The second-order valence-corrected chi connectivity index (χ2v) is 7.91. The third kappa shape index (κ3) is 2.52. The van der Waals surface area contributed by atoms with E-state index in [2.05, 4.69) is 0 Å². The van der Waals surface area contributed by atoms with Gasteiger partial charge >= 0.3 is 5.97 Å². The highest BCUT2D eigenvalue weighted by Crippen LogP contribution is 2.55. The monoisotopic (exact) mass is 327 g/mol. The van der Waals surface area contributed by atoms with E-state index in [1.54, 1.807) is 24.3 Å². The van der Waals surface area contributed by atoms with Gasteiger partial charge in [0.15, 0.2) is 0 Å². The average molecular weight is 327 g/mol. The topological polar surface area (TPSA) is 46.6 Å². The molecule has 1 aromatic carbocycles. The van der Waals surface area contributed by atoms with E-state index in [0.717, 1.165) is 11.8 Å². The molecule has 0 unspecified atom stereocenters.